The van der Waals surface area contributed by atoms with Crippen molar-refractivity contribution in [2.24, 2.45) is 5.73 Å². The Morgan fingerprint density at radius 2 is 2.30 bits per heavy atom. The van der Waals surface area contributed by atoms with Gasteiger partial charge in [-0.25, -0.2) is 4.98 Å². The number of amides is 1. The molecule has 1 fully saturated rings. The topological polar surface area (TPSA) is 143 Å². The largest absolute Gasteiger partial charge is 0.394 e. The van der Waals surface area contributed by atoms with Crippen LogP contribution in [0.1, 0.15) is 13.2 Å². The maximum Gasteiger partial charge on any atom is 0.242 e. The van der Waals surface area contributed by atoms with Gasteiger partial charge in [0.15, 0.2) is 12.0 Å². The number of hydrogen-bond acceptors (Lipinski definition) is 7. The number of imidazole rings is 1. The van der Waals surface area contributed by atoms with Crippen LogP contribution in [0, 0.1) is 0 Å². The van der Waals surface area contributed by atoms with Crippen molar-refractivity contribution in [1.82, 2.24) is 9.55 Å². The van der Waals surface area contributed by atoms with Crippen LogP contribution >= 0.6 is 0 Å². The Morgan fingerprint density at radius 3 is 2.85 bits per heavy atom. The summed E-state index contributed by atoms with van der Waals surface area (Å²) in [5, 5.41) is 31.0. The number of rotatable bonds is 4. The van der Waals surface area contributed by atoms with Gasteiger partial charge in [0.05, 0.1) is 25.2 Å². The highest BCUT2D eigenvalue weighted by Gasteiger charge is 2.43. The summed E-state index contributed by atoms with van der Waals surface area (Å²) >= 11 is 0. The number of nitrogens with zero attached hydrogens (tertiary/aromatic N) is 2. The number of ether oxygens (including phenoxy) is 1. The number of carbonyl (C=O) groups excluding carboxylic acids is 1. The molecule has 1 aliphatic heterocycles. The molecule has 112 valence electrons. The van der Waals surface area contributed by atoms with E-state index in [1.807, 2.05) is 0 Å². The van der Waals surface area contributed by atoms with E-state index in [1.54, 1.807) is 6.92 Å². The quantitative estimate of drug-likeness (QED) is 0.422. The molecule has 0 radical (unpaired) electrons. The first-order chi connectivity index (χ1) is 9.43. The molecule has 20 heavy (non-hydrogen) atoms. The third-order valence-electron chi connectivity index (χ3n) is 3.08. The van der Waals surface area contributed by atoms with E-state index in [0.29, 0.717) is 0 Å². The minimum absolute atomic E-state index is 0.255. The molecular formula is C11H18N4O5. The molecule has 1 amide bonds. The van der Waals surface area contributed by atoms with Gasteiger partial charge in [0.1, 0.15) is 18.3 Å². The number of nitrogens with one attached hydrogen (secondary N) is 1. The van der Waals surface area contributed by atoms with Gasteiger partial charge in [0.2, 0.25) is 5.91 Å². The van der Waals surface area contributed by atoms with Crippen LogP contribution in [-0.2, 0) is 9.53 Å². The van der Waals surface area contributed by atoms with Gasteiger partial charge in [-0.3, -0.25) is 4.79 Å². The van der Waals surface area contributed by atoms with E-state index in [1.165, 1.54) is 17.1 Å². The molecule has 9 heteroatoms. The third-order valence-corrected chi connectivity index (χ3v) is 3.08. The summed E-state index contributed by atoms with van der Waals surface area (Å²) in [5.41, 5.74) is 5.42. The Bertz CT molecular complexity index is 477. The first-order valence-corrected chi connectivity index (χ1v) is 6.16. The van der Waals surface area contributed by atoms with E-state index < -0.39 is 43.1 Å². The minimum atomic E-state index is -1.20. The van der Waals surface area contributed by atoms with Crippen LogP contribution in [0.25, 0.3) is 0 Å². The molecule has 0 unspecified atom stereocenters. The van der Waals surface area contributed by atoms with Crippen LogP contribution in [0.3, 0.4) is 0 Å². The van der Waals surface area contributed by atoms with Crippen molar-refractivity contribution in [3.63, 3.8) is 0 Å². The van der Waals surface area contributed by atoms with Crippen molar-refractivity contribution < 1.29 is 24.9 Å². The summed E-state index contributed by atoms with van der Waals surface area (Å²) in [5.74, 6) is -0.138. The van der Waals surface area contributed by atoms with Crippen molar-refractivity contribution in [3.8, 4) is 0 Å². The second-order valence-electron chi connectivity index (χ2n) is 4.71. The predicted molar refractivity (Wildman–Crippen MR) is 67.5 cm³/mol. The Labute approximate surface area is 115 Å². The SMILES string of the molecule is C[C@H](N)C(=O)Nc1cn([C@@H]2O[C@H](CO)[C@@H](O)[C@H]2O)cn1. The molecule has 0 aromatic carbocycles. The van der Waals surface area contributed by atoms with Crippen LogP contribution in [0.4, 0.5) is 5.82 Å². The Balaban J connectivity index is 2.07. The zero-order chi connectivity index (χ0) is 14.9. The van der Waals surface area contributed by atoms with E-state index in [2.05, 4.69) is 10.3 Å². The number of hydrogen-bond donors (Lipinski definition) is 5. The van der Waals surface area contributed by atoms with Crippen molar-refractivity contribution in [1.29, 1.82) is 0 Å². The molecule has 6 N–H and O–H groups in total. The Kier molecular flexibility index (Phi) is 4.35. The monoisotopic (exact) mass is 286 g/mol. The lowest BCUT2D eigenvalue weighted by Gasteiger charge is -2.15. The van der Waals surface area contributed by atoms with Crippen LogP contribution in [0.2, 0.25) is 0 Å². The zero-order valence-electron chi connectivity index (χ0n) is 10.9. The first kappa shape index (κ1) is 14.9. The molecular weight excluding hydrogens is 268 g/mol. The average molecular weight is 286 g/mol. The molecule has 1 saturated heterocycles. The number of aliphatic hydroxyl groups excluding tert-OH is 3. The van der Waals surface area contributed by atoms with Gasteiger partial charge >= 0.3 is 0 Å². The van der Waals surface area contributed by atoms with Crippen molar-refractivity contribution in [2.45, 2.75) is 37.5 Å². The smallest absolute Gasteiger partial charge is 0.242 e. The average Bonchev–Trinajstić information content (AvgIpc) is 2.96. The van der Waals surface area contributed by atoms with Crippen LogP contribution in [0.5, 0.6) is 0 Å². The summed E-state index contributed by atoms with van der Waals surface area (Å²) in [6.45, 7) is 1.13. The van der Waals surface area contributed by atoms with Crippen LogP contribution in [0.15, 0.2) is 12.5 Å². The number of nitrogens with two attached hydrogens (primary N) is 1. The van der Waals surface area contributed by atoms with Gasteiger partial charge in [-0.1, -0.05) is 0 Å². The second kappa shape index (κ2) is 5.85. The van der Waals surface area contributed by atoms with E-state index in [0.717, 1.165) is 0 Å². The van der Waals surface area contributed by atoms with E-state index in [4.69, 9.17) is 15.6 Å². The van der Waals surface area contributed by atoms with E-state index >= 15 is 0 Å². The van der Waals surface area contributed by atoms with Gasteiger partial charge in [-0.05, 0) is 6.92 Å². The summed E-state index contributed by atoms with van der Waals surface area (Å²) in [6.07, 6.45) is -1.33. The normalized spacial score (nSPS) is 31.2. The Morgan fingerprint density at radius 1 is 1.60 bits per heavy atom. The van der Waals surface area contributed by atoms with Gasteiger partial charge in [0, 0.05) is 0 Å². The predicted octanol–water partition coefficient (Wildman–Crippen LogP) is -2.22. The van der Waals surface area contributed by atoms with Gasteiger partial charge in [0.25, 0.3) is 0 Å². The molecule has 0 bridgehead atoms. The van der Waals surface area contributed by atoms with Crippen molar-refractivity contribution in [3.05, 3.63) is 12.5 Å². The Hall–Kier alpha value is -1.52. The lowest BCUT2D eigenvalue weighted by Crippen LogP contribution is -2.33. The van der Waals surface area contributed by atoms with Crippen molar-refractivity contribution in [2.75, 3.05) is 11.9 Å². The summed E-state index contributed by atoms with van der Waals surface area (Å²) in [4.78, 5) is 15.4. The second-order valence-corrected chi connectivity index (χ2v) is 4.71. The lowest BCUT2D eigenvalue weighted by atomic mass is 10.1. The standard InChI is InChI=1S/C11H18N4O5/c1-5(12)10(19)14-7-2-15(4-13-7)11-9(18)8(17)6(3-16)20-11/h2,4-6,8-9,11,16-18H,3,12H2,1H3,(H,14,19)/t5-,6+,8+,9+,11+/m0/s1. The van der Waals surface area contributed by atoms with E-state index in [9.17, 15) is 15.0 Å². The molecule has 0 saturated carbocycles. The third kappa shape index (κ3) is 2.81. The van der Waals surface area contributed by atoms with Crippen molar-refractivity contribution >= 4 is 11.7 Å². The molecule has 1 aromatic rings. The fourth-order valence-electron chi connectivity index (χ4n) is 1.91. The molecule has 0 aliphatic carbocycles. The minimum Gasteiger partial charge on any atom is -0.394 e. The molecule has 9 nitrogen and oxygen atoms in total. The molecule has 5 atom stereocenters. The molecule has 1 aromatic heterocycles. The maximum absolute atomic E-state index is 11.4. The number of anilines is 1. The first-order valence-electron chi connectivity index (χ1n) is 6.16. The van der Waals surface area contributed by atoms with Gasteiger partial charge < -0.3 is 35.7 Å². The fraction of sp³-hybridized carbons (Fsp3) is 0.636. The number of aliphatic hydroxyl groups is 3. The van der Waals surface area contributed by atoms with Gasteiger partial charge in [-0.2, -0.15) is 0 Å². The zero-order valence-corrected chi connectivity index (χ0v) is 10.9. The highest BCUT2D eigenvalue weighted by molar-refractivity contribution is 5.93. The van der Waals surface area contributed by atoms with Crippen LogP contribution < -0.4 is 11.1 Å². The highest BCUT2D eigenvalue weighted by Crippen LogP contribution is 2.29. The molecule has 1 aliphatic rings. The highest BCUT2D eigenvalue weighted by atomic mass is 16.6. The van der Waals surface area contributed by atoms with Gasteiger partial charge in [-0.15, -0.1) is 0 Å². The molecule has 2 rings (SSSR count). The number of aromatic nitrogens is 2. The number of carbonyl (C=O) groups is 1. The van der Waals surface area contributed by atoms with Crippen LogP contribution in [-0.4, -0.2) is 61.7 Å². The summed E-state index contributed by atoms with van der Waals surface area (Å²) in [6, 6.07) is -0.672. The fourth-order valence-corrected chi connectivity index (χ4v) is 1.91. The molecule has 0 spiro atoms. The van der Waals surface area contributed by atoms with E-state index in [-0.39, 0.29) is 5.82 Å². The summed E-state index contributed by atoms with van der Waals surface area (Å²) in [7, 11) is 0. The molecule has 2 heterocycles. The summed E-state index contributed by atoms with van der Waals surface area (Å²) < 4.78 is 6.73. The lowest BCUT2D eigenvalue weighted by molar-refractivity contribution is -0.117. The maximum atomic E-state index is 11.4.